The second kappa shape index (κ2) is 8.15. The Bertz CT molecular complexity index is 376. The molecule has 0 saturated carbocycles. The number of hydrogen-bond acceptors (Lipinski definition) is 2. The Morgan fingerprint density at radius 1 is 1.15 bits per heavy atom. The van der Waals surface area contributed by atoms with E-state index < -0.39 is 6.36 Å². The van der Waals surface area contributed by atoms with Gasteiger partial charge in [-0.1, -0.05) is 26.0 Å². The predicted octanol–water partition coefficient (Wildman–Crippen LogP) is 4.30. The van der Waals surface area contributed by atoms with E-state index in [1.54, 1.807) is 12.1 Å². The van der Waals surface area contributed by atoms with Gasteiger partial charge in [0.05, 0.1) is 0 Å². The van der Waals surface area contributed by atoms with Crippen molar-refractivity contribution in [3.8, 4) is 5.75 Å². The van der Waals surface area contributed by atoms with Crippen LogP contribution in [0, 0.1) is 0 Å². The zero-order valence-corrected chi connectivity index (χ0v) is 12.0. The molecule has 1 atom stereocenters. The second-order valence-corrected chi connectivity index (χ2v) is 4.79. The number of halogens is 3. The van der Waals surface area contributed by atoms with Crippen LogP contribution in [0.25, 0.3) is 0 Å². The minimum absolute atomic E-state index is 0.169. The molecule has 0 amide bonds. The summed E-state index contributed by atoms with van der Waals surface area (Å²) >= 11 is 0. The summed E-state index contributed by atoms with van der Waals surface area (Å²) in [5.74, 6) is -0.169. The predicted molar refractivity (Wildman–Crippen MR) is 73.8 cm³/mol. The Balaban J connectivity index is 2.44. The fraction of sp³-hybridized carbons (Fsp3) is 0.600. The van der Waals surface area contributed by atoms with Crippen LogP contribution < -0.4 is 10.1 Å². The number of benzene rings is 1. The molecule has 0 bridgehead atoms. The summed E-state index contributed by atoms with van der Waals surface area (Å²) in [6.45, 7) is 5.25. The van der Waals surface area contributed by atoms with Crippen LogP contribution in [0.2, 0.25) is 0 Å². The number of nitrogens with one attached hydrogen (secondary N) is 1. The molecule has 1 N–H and O–H groups in total. The zero-order valence-electron chi connectivity index (χ0n) is 12.0. The third kappa shape index (κ3) is 6.80. The maximum absolute atomic E-state index is 12.0. The van der Waals surface area contributed by atoms with Gasteiger partial charge in [-0.05, 0) is 49.9 Å². The molecule has 0 fully saturated rings. The maximum atomic E-state index is 12.0. The SMILES string of the molecule is CCCNC(CC)CCc1ccc(OC(F)(F)F)cc1. The highest BCUT2D eigenvalue weighted by atomic mass is 19.4. The van der Waals surface area contributed by atoms with E-state index >= 15 is 0 Å². The molecular formula is C15H22F3NO. The van der Waals surface area contributed by atoms with E-state index in [2.05, 4.69) is 23.9 Å². The first-order valence-electron chi connectivity index (χ1n) is 7.02. The van der Waals surface area contributed by atoms with E-state index in [9.17, 15) is 13.2 Å². The van der Waals surface area contributed by atoms with Gasteiger partial charge in [0.1, 0.15) is 5.75 Å². The molecule has 1 unspecified atom stereocenters. The molecule has 0 aliphatic heterocycles. The molecule has 0 radical (unpaired) electrons. The number of aryl methyl sites for hydroxylation is 1. The quantitative estimate of drug-likeness (QED) is 0.770. The van der Waals surface area contributed by atoms with Crippen LogP contribution >= 0.6 is 0 Å². The van der Waals surface area contributed by atoms with E-state index in [-0.39, 0.29) is 5.75 Å². The molecule has 0 spiro atoms. The van der Waals surface area contributed by atoms with Crippen molar-refractivity contribution in [3.63, 3.8) is 0 Å². The van der Waals surface area contributed by atoms with Gasteiger partial charge in [-0.25, -0.2) is 0 Å². The first-order chi connectivity index (χ1) is 9.44. The minimum Gasteiger partial charge on any atom is -0.406 e. The van der Waals surface area contributed by atoms with Gasteiger partial charge in [0.15, 0.2) is 0 Å². The Morgan fingerprint density at radius 3 is 2.30 bits per heavy atom. The van der Waals surface area contributed by atoms with Crippen molar-refractivity contribution in [3.05, 3.63) is 29.8 Å². The number of ether oxygens (including phenoxy) is 1. The Kier molecular flexibility index (Phi) is 6.85. The van der Waals surface area contributed by atoms with Gasteiger partial charge in [-0.3, -0.25) is 0 Å². The highest BCUT2D eigenvalue weighted by Gasteiger charge is 2.30. The third-order valence-corrected chi connectivity index (χ3v) is 3.11. The van der Waals surface area contributed by atoms with Gasteiger partial charge >= 0.3 is 6.36 Å². The van der Waals surface area contributed by atoms with E-state index in [4.69, 9.17) is 0 Å². The van der Waals surface area contributed by atoms with Crippen LogP contribution in [-0.2, 0) is 6.42 Å². The van der Waals surface area contributed by atoms with E-state index in [1.165, 1.54) is 12.1 Å². The molecule has 2 nitrogen and oxygen atoms in total. The van der Waals surface area contributed by atoms with Gasteiger partial charge < -0.3 is 10.1 Å². The van der Waals surface area contributed by atoms with Crippen molar-refractivity contribution in [2.45, 2.75) is 51.9 Å². The first kappa shape index (κ1) is 16.8. The lowest BCUT2D eigenvalue weighted by molar-refractivity contribution is -0.274. The molecule has 0 aliphatic rings. The summed E-state index contributed by atoms with van der Waals surface area (Å²) in [4.78, 5) is 0. The summed E-state index contributed by atoms with van der Waals surface area (Å²) in [5, 5.41) is 3.46. The van der Waals surface area contributed by atoms with Crippen molar-refractivity contribution >= 4 is 0 Å². The molecule has 0 saturated heterocycles. The van der Waals surface area contributed by atoms with Crippen LogP contribution in [0.15, 0.2) is 24.3 Å². The molecular weight excluding hydrogens is 267 g/mol. The largest absolute Gasteiger partial charge is 0.573 e. The van der Waals surface area contributed by atoms with Gasteiger partial charge in [-0.15, -0.1) is 13.2 Å². The zero-order chi connectivity index (χ0) is 15.0. The van der Waals surface area contributed by atoms with Crippen LogP contribution in [0.4, 0.5) is 13.2 Å². The van der Waals surface area contributed by atoms with Crippen LogP contribution in [0.5, 0.6) is 5.75 Å². The van der Waals surface area contributed by atoms with Crippen LogP contribution in [-0.4, -0.2) is 18.9 Å². The van der Waals surface area contributed by atoms with Gasteiger partial charge in [0.25, 0.3) is 0 Å². The Hall–Kier alpha value is -1.23. The van der Waals surface area contributed by atoms with Crippen molar-refractivity contribution < 1.29 is 17.9 Å². The monoisotopic (exact) mass is 289 g/mol. The third-order valence-electron chi connectivity index (χ3n) is 3.11. The van der Waals surface area contributed by atoms with Gasteiger partial charge in [-0.2, -0.15) is 0 Å². The van der Waals surface area contributed by atoms with E-state index in [0.717, 1.165) is 37.8 Å². The number of hydrogen-bond donors (Lipinski definition) is 1. The van der Waals surface area contributed by atoms with Crippen molar-refractivity contribution in [2.75, 3.05) is 6.54 Å². The van der Waals surface area contributed by atoms with Crippen molar-refractivity contribution in [1.29, 1.82) is 0 Å². The van der Waals surface area contributed by atoms with Crippen molar-refractivity contribution in [2.24, 2.45) is 0 Å². The lowest BCUT2D eigenvalue weighted by Gasteiger charge is -2.16. The highest BCUT2D eigenvalue weighted by molar-refractivity contribution is 5.27. The van der Waals surface area contributed by atoms with Gasteiger partial charge in [0.2, 0.25) is 0 Å². The minimum atomic E-state index is -4.63. The number of alkyl halides is 3. The summed E-state index contributed by atoms with van der Waals surface area (Å²) in [7, 11) is 0. The molecule has 114 valence electrons. The molecule has 0 aliphatic carbocycles. The molecule has 5 heteroatoms. The first-order valence-corrected chi connectivity index (χ1v) is 7.02. The topological polar surface area (TPSA) is 21.3 Å². The average Bonchev–Trinajstić information content (AvgIpc) is 2.39. The molecule has 20 heavy (non-hydrogen) atoms. The highest BCUT2D eigenvalue weighted by Crippen LogP contribution is 2.23. The maximum Gasteiger partial charge on any atom is 0.573 e. The second-order valence-electron chi connectivity index (χ2n) is 4.79. The molecule has 0 heterocycles. The summed E-state index contributed by atoms with van der Waals surface area (Å²) in [5.41, 5.74) is 1.02. The Morgan fingerprint density at radius 2 is 1.80 bits per heavy atom. The Labute approximate surface area is 118 Å². The van der Waals surface area contributed by atoms with E-state index in [0.29, 0.717) is 6.04 Å². The van der Waals surface area contributed by atoms with Crippen LogP contribution in [0.1, 0.15) is 38.7 Å². The molecule has 0 aromatic heterocycles. The van der Waals surface area contributed by atoms with Crippen molar-refractivity contribution in [1.82, 2.24) is 5.32 Å². The summed E-state index contributed by atoms with van der Waals surface area (Å²) < 4.78 is 39.9. The lowest BCUT2D eigenvalue weighted by Crippen LogP contribution is -2.29. The summed E-state index contributed by atoms with van der Waals surface area (Å²) in [6, 6.07) is 6.56. The van der Waals surface area contributed by atoms with Crippen LogP contribution in [0.3, 0.4) is 0 Å². The standard InChI is InChI=1S/C15H22F3NO/c1-3-11-19-13(4-2)8-5-12-6-9-14(10-7-12)20-15(16,17)18/h6-7,9-10,13,19H,3-5,8,11H2,1-2H3. The molecule has 1 aromatic carbocycles. The fourth-order valence-electron chi connectivity index (χ4n) is 2.00. The molecule has 1 rings (SSSR count). The number of rotatable bonds is 8. The normalized spacial score (nSPS) is 13.2. The average molecular weight is 289 g/mol. The summed E-state index contributed by atoms with van der Waals surface area (Å²) in [6.07, 6.45) is -0.647. The van der Waals surface area contributed by atoms with Gasteiger partial charge in [0, 0.05) is 6.04 Å². The fourth-order valence-corrected chi connectivity index (χ4v) is 2.00. The van der Waals surface area contributed by atoms with E-state index in [1.807, 2.05) is 0 Å². The molecule has 1 aromatic rings. The lowest BCUT2D eigenvalue weighted by atomic mass is 10.0. The smallest absolute Gasteiger partial charge is 0.406 e.